The predicted molar refractivity (Wildman–Crippen MR) is 117 cm³/mol. The van der Waals surface area contributed by atoms with Gasteiger partial charge in [0.15, 0.2) is 5.78 Å². The minimum absolute atomic E-state index is 0.102. The van der Waals surface area contributed by atoms with Gasteiger partial charge in [0.25, 0.3) is 5.91 Å². The SMILES string of the molecule is CCC(=O)c1ccc(Cc2cc(C(=O)N[C@H]3CCOC[C@@H]3O)c3c(c2C)CCO3)cc1F. The maximum atomic E-state index is 14.5. The molecule has 2 aliphatic rings. The molecule has 0 saturated carbocycles. The Labute approximate surface area is 186 Å². The van der Waals surface area contributed by atoms with Gasteiger partial charge >= 0.3 is 0 Å². The van der Waals surface area contributed by atoms with Crippen molar-refractivity contribution < 1.29 is 28.6 Å². The highest BCUT2D eigenvalue weighted by molar-refractivity contribution is 5.98. The van der Waals surface area contributed by atoms with Gasteiger partial charge in [-0.1, -0.05) is 13.0 Å². The first-order valence-electron chi connectivity index (χ1n) is 11.1. The standard InChI is InChI=1S/C25H28FNO5/c1-3-22(28)18-5-4-15(11-20(18)26)10-16-12-19(24-17(14(16)2)6-9-32-24)25(30)27-21-7-8-31-13-23(21)29/h4-5,11-12,21,23,29H,3,6-10,13H2,1-2H3,(H,27,30)/t21-,23-/m0/s1. The molecule has 4 rings (SSSR count). The molecular formula is C25H28FNO5. The van der Waals surface area contributed by atoms with Gasteiger partial charge in [-0.3, -0.25) is 9.59 Å². The zero-order valence-electron chi connectivity index (χ0n) is 18.4. The van der Waals surface area contributed by atoms with Crippen LogP contribution in [0.15, 0.2) is 24.3 Å². The van der Waals surface area contributed by atoms with Gasteiger partial charge in [-0.25, -0.2) is 4.39 Å². The smallest absolute Gasteiger partial charge is 0.255 e. The number of hydrogen-bond donors (Lipinski definition) is 2. The summed E-state index contributed by atoms with van der Waals surface area (Å²) in [5, 5.41) is 13.0. The minimum atomic E-state index is -0.751. The fraction of sp³-hybridized carbons (Fsp3) is 0.440. The number of fused-ring (bicyclic) bond motifs is 1. The van der Waals surface area contributed by atoms with Crippen LogP contribution in [0.2, 0.25) is 0 Å². The van der Waals surface area contributed by atoms with Gasteiger partial charge in [0.05, 0.1) is 36.5 Å². The van der Waals surface area contributed by atoms with Crippen LogP contribution in [-0.2, 0) is 17.6 Å². The molecule has 6 nitrogen and oxygen atoms in total. The third kappa shape index (κ3) is 4.40. The van der Waals surface area contributed by atoms with Crippen molar-refractivity contribution in [2.75, 3.05) is 19.8 Å². The molecule has 2 atom stereocenters. The van der Waals surface area contributed by atoms with E-state index in [0.29, 0.717) is 43.8 Å². The second kappa shape index (κ2) is 9.38. The zero-order chi connectivity index (χ0) is 22.8. The molecule has 0 aliphatic carbocycles. The molecule has 170 valence electrons. The molecule has 2 aliphatic heterocycles. The molecule has 0 aromatic heterocycles. The first-order valence-corrected chi connectivity index (χ1v) is 11.1. The Hall–Kier alpha value is -2.77. The van der Waals surface area contributed by atoms with Crippen molar-refractivity contribution in [1.82, 2.24) is 5.32 Å². The lowest BCUT2D eigenvalue weighted by Gasteiger charge is -2.28. The number of ether oxygens (including phenoxy) is 2. The molecule has 0 bridgehead atoms. The molecule has 2 aromatic rings. The Morgan fingerprint density at radius 2 is 2.03 bits per heavy atom. The molecule has 0 unspecified atom stereocenters. The average Bonchev–Trinajstić information content (AvgIpc) is 3.27. The monoisotopic (exact) mass is 441 g/mol. The van der Waals surface area contributed by atoms with Crippen LogP contribution < -0.4 is 10.1 Å². The molecule has 32 heavy (non-hydrogen) atoms. The molecule has 7 heteroatoms. The Bertz CT molecular complexity index is 1050. The average molecular weight is 441 g/mol. The van der Waals surface area contributed by atoms with E-state index in [-0.39, 0.29) is 36.3 Å². The summed E-state index contributed by atoms with van der Waals surface area (Å²) in [4.78, 5) is 25.0. The van der Waals surface area contributed by atoms with Gasteiger partial charge in [-0.05, 0) is 54.7 Å². The number of carbonyl (C=O) groups excluding carboxylic acids is 2. The highest BCUT2D eigenvalue weighted by Gasteiger charge is 2.29. The number of benzene rings is 2. The number of aliphatic hydroxyl groups is 1. The topological polar surface area (TPSA) is 84.9 Å². The second-order valence-electron chi connectivity index (χ2n) is 8.39. The van der Waals surface area contributed by atoms with Crippen molar-refractivity contribution in [3.63, 3.8) is 0 Å². The summed E-state index contributed by atoms with van der Waals surface area (Å²) >= 11 is 0. The summed E-state index contributed by atoms with van der Waals surface area (Å²) in [5.41, 5.74) is 4.16. The van der Waals surface area contributed by atoms with Gasteiger partial charge in [-0.15, -0.1) is 0 Å². The largest absolute Gasteiger partial charge is 0.492 e. The Morgan fingerprint density at radius 1 is 1.22 bits per heavy atom. The number of rotatable bonds is 6. The fourth-order valence-corrected chi connectivity index (χ4v) is 4.39. The lowest BCUT2D eigenvalue weighted by atomic mass is 9.91. The Kier molecular flexibility index (Phi) is 6.58. The first kappa shape index (κ1) is 22.4. The van der Waals surface area contributed by atoms with E-state index in [1.807, 2.05) is 6.92 Å². The van der Waals surface area contributed by atoms with Crippen LogP contribution in [0.4, 0.5) is 4.39 Å². The zero-order valence-corrected chi connectivity index (χ0v) is 18.4. The Balaban J connectivity index is 1.63. The summed E-state index contributed by atoms with van der Waals surface area (Å²) in [6.07, 6.45) is 1.17. The number of Topliss-reactive ketones (excluding diaryl/α,β-unsaturated/α-hetero) is 1. The highest BCUT2D eigenvalue weighted by atomic mass is 19.1. The molecule has 2 heterocycles. The molecule has 1 amide bonds. The number of ketones is 1. The van der Waals surface area contributed by atoms with E-state index in [4.69, 9.17) is 9.47 Å². The quantitative estimate of drug-likeness (QED) is 0.673. The van der Waals surface area contributed by atoms with Crippen molar-refractivity contribution in [3.8, 4) is 5.75 Å². The summed E-state index contributed by atoms with van der Waals surface area (Å²) in [6, 6.07) is 6.10. The van der Waals surface area contributed by atoms with Crippen LogP contribution in [0.5, 0.6) is 5.75 Å². The van der Waals surface area contributed by atoms with Gasteiger partial charge in [-0.2, -0.15) is 0 Å². The van der Waals surface area contributed by atoms with E-state index in [1.54, 1.807) is 19.1 Å². The van der Waals surface area contributed by atoms with Crippen molar-refractivity contribution >= 4 is 11.7 Å². The molecule has 1 saturated heterocycles. The van der Waals surface area contributed by atoms with Crippen LogP contribution in [0.25, 0.3) is 0 Å². The van der Waals surface area contributed by atoms with E-state index >= 15 is 0 Å². The van der Waals surface area contributed by atoms with Crippen LogP contribution in [0, 0.1) is 12.7 Å². The molecular weight excluding hydrogens is 413 g/mol. The van der Waals surface area contributed by atoms with Crippen LogP contribution >= 0.6 is 0 Å². The maximum absolute atomic E-state index is 14.5. The normalized spacial score (nSPS) is 19.9. The number of halogens is 1. The van der Waals surface area contributed by atoms with Crippen LogP contribution in [0.1, 0.15) is 62.7 Å². The first-order chi connectivity index (χ1) is 15.4. The van der Waals surface area contributed by atoms with E-state index < -0.39 is 11.9 Å². The molecule has 0 radical (unpaired) electrons. The van der Waals surface area contributed by atoms with Crippen LogP contribution in [0.3, 0.4) is 0 Å². The lowest BCUT2D eigenvalue weighted by molar-refractivity contribution is -0.0261. The molecule has 2 N–H and O–H groups in total. The predicted octanol–water partition coefficient (Wildman–Crippen LogP) is 3.13. The Morgan fingerprint density at radius 3 is 2.75 bits per heavy atom. The van der Waals surface area contributed by atoms with Crippen molar-refractivity contribution in [2.24, 2.45) is 0 Å². The van der Waals surface area contributed by atoms with E-state index in [1.165, 1.54) is 12.1 Å². The van der Waals surface area contributed by atoms with Crippen molar-refractivity contribution in [3.05, 3.63) is 63.5 Å². The summed E-state index contributed by atoms with van der Waals surface area (Å²) in [6.45, 7) is 4.87. The van der Waals surface area contributed by atoms with Gasteiger partial charge in [0.1, 0.15) is 11.6 Å². The highest BCUT2D eigenvalue weighted by Crippen LogP contribution is 2.35. The number of nitrogens with one attached hydrogen (secondary N) is 1. The molecule has 0 spiro atoms. The summed E-state index contributed by atoms with van der Waals surface area (Å²) < 4.78 is 25.5. The lowest BCUT2D eigenvalue weighted by Crippen LogP contribution is -2.48. The van der Waals surface area contributed by atoms with E-state index in [0.717, 1.165) is 22.3 Å². The third-order valence-electron chi connectivity index (χ3n) is 6.31. The minimum Gasteiger partial charge on any atom is -0.492 e. The number of amides is 1. The molecule has 1 fully saturated rings. The fourth-order valence-electron chi connectivity index (χ4n) is 4.39. The van der Waals surface area contributed by atoms with Crippen LogP contribution in [-0.4, -0.2) is 48.8 Å². The van der Waals surface area contributed by atoms with Gasteiger partial charge < -0.3 is 19.9 Å². The van der Waals surface area contributed by atoms with Crippen molar-refractivity contribution in [2.45, 2.75) is 51.7 Å². The number of hydrogen-bond acceptors (Lipinski definition) is 5. The second-order valence-corrected chi connectivity index (χ2v) is 8.39. The van der Waals surface area contributed by atoms with Gasteiger partial charge in [0, 0.05) is 25.0 Å². The number of carbonyl (C=O) groups is 2. The van der Waals surface area contributed by atoms with E-state index in [2.05, 4.69) is 5.32 Å². The molecule has 2 aromatic carbocycles. The van der Waals surface area contributed by atoms with E-state index in [9.17, 15) is 19.1 Å². The maximum Gasteiger partial charge on any atom is 0.255 e. The van der Waals surface area contributed by atoms with Crippen molar-refractivity contribution in [1.29, 1.82) is 0 Å². The van der Waals surface area contributed by atoms with Gasteiger partial charge in [0.2, 0.25) is 0 Å². The summed E-state index contributed by atoms with van der Waals surface area (Å²) in [7, 11) is 0. The number of aliphatic hydroxyl groups excluding tert-OH is 1. The third-order valence-corrected chi connectivity index (χ3v) is 6.31. The summed E-state index contributed by atoms with van der Waals surface area (Å²) in [5.74, 6) is -0.470.